The average Bonchev–Trinajstić information content (AvgIpc) is 2.45. The molecule has 0 aromatic carbocycles. The lowest BCUT2D eigenvalue weighted by Crippen LogP contribution is -2.23. The Balaban J connectivity index is -0.000000480. The van der Waals surface area contributed by atoms with Crippen molar-refractivity contribution in [2.75, 3.05) is 20.3 Å². The van der Waals surface area contributed by atoms with Gasteiger partial charge in [-0.25, -0.2) is 0 Å². The highest BCUT2D eigenvalue weighted by molar-refractivity contribution is 4.88. The maximum Gasteiger partial charge on any atom is 0.0890 e. The Kier molecular flexibility index (Phi) is 14.8. The Morgan fingerprint density at radius 3 is 2.20 bits per heavy atom. The summed E-state index contributed by atoms with van der Waals surface area (Å²) in [6.07, 6.45) is 9.76. The predicted octanol–water partition coefficient (Wildman–Crippen LogP) is 0.746. The molecular weight excluding hydrogens is 199 g/mol. The zero-order valence-corrected chi connectivity index (χ0v) is 9.70. The normalized spacial score (nSPS) is 12.9. The van der Waals surface area contributed by atoms with Crippen LogP contribution in [0.15, 0.2) is 12.4 Å². The summed E-state index contributed by atoms with van der Waals surface area (Å²) < 4.78 is 0. The molecule has 0 fully saturated rings. The lowest BCUT2D eigenvalue weighted by Gasteiger charge is -2.17. The van der Waals surface area contributed by atoms with Crippen LogP contribution in [0.25, 0.3) is 0 Å². The molecule has 4 N–H and O–H groups in total. The third kappa shape index (κ3) is 8.20. The topological polar surface area (TPSA) is 69.5 Å². The van der Waals surface area contributed by atoms with E-state index < -0.39 is 0 Å². The van der Waals surface area contributed by atoms with Gasteiger partial charge in [0.2, 0.25) is 0 Å². The number of hydrogen-bond acceptors (Lipinski definition) is 2. The minimum atomic E-state index is 0. The van der Waals surface area contributed by atoms with Crippen LogP contribution < -0.4 is 0 Å². The van der Waals surface area contributed by atoms with Crippen molar-refractivity contribution in [1.82, 2.24) is 9.80 Å². The minimum absolute atomic E-state index is 0. The number of hydrogen-bond donors (Lipinski definition) is 0. The van der Waals surface area contributed by atoms with Crippen molar-refractivity contribution in [3.05, 3.63) is 12.4 Å². The standard InChI is InChI=1S/C10H20N2.FH.2H2O/c1-3-4-5-6-7-12-9-8-11(2)10-12;;;/h8-9H,3-7,10H2,1-2H3;1H;2*1H2. The molecule has 4 nitrogen and oxygen atoms in total. The van der Waals surface area contributed by atoms with Crippen LogP contribution in [0.1, 0.15) is 32.6 Å². The van der Waals surface area contributed by atoms with Crippen molar-refractivity contribution in [2.45, 2.75) is 32.6 Å². The smallest absolute Gasteiger partial charge is 0.0890 e. The van der Waals surface area contributed by atoms with Gasteiger partial charge < -0.3 is 20.8 Å². The Labute approximate surface area is 91.5 Å². The first-order valence-corrected chi connectivity index (χ1v) is 4.95. The fraction of sp³-hybridized carbons (Fsp3) is 0.800. The predicted molar refractivity (Wildman–Crippen MR) is 62.3 cm³/mol. The number of halogens is 1. The van der Waals surface area contributed by atoms with Gasteiger partial charge in [0.25, 0.3) is 0 Å². The van der Waals surface area contributed by atoms with E-state index in [1.165, 1.54) is 32.2 Å². The van der Waals surface area contributed by atoms with E-state index in [0.717, 1.165) is 6.67 Å². The molecule has 94 valence electrons. The van der Waals surface area contributed by atoms with Gasteiger partial charge in [0.05, 0.1) is 6.67 Å². The molecule has 0 atom stereocenters. The van der Waals surface area contributed by atoms with Gasteiger partial charge in [0, 0.05) is 26.0 Å². The Bertz CT molecular complexity index is 156. The van der Waals surface area contributed by atoms with Gasteiger partial charge in [-0.2, -0.15) is 0 Å². The minimum Gasteiger partial charge on any atom is -0.412 e. The molecule has 1 aliphatic rings. The molecule has 0 unspecified atom stereocenters. The molecule has 0 spiro atoms. The Hall–Kier alpha value is -0.810. The summed E-state index contributed by atoms with van der Waals surface area (Å²) >= 11 is 0. The van der Waals surface area contributed by atoms with Crippen LogP contribution >= 0.6 is 0 Å². The van der Waals surface area contributed by atoms with E-state index in [-0.39, 0.29) is 15.7 Å². The quantitative estimate of drug-likeness (QED) is 0.646. The SMILES string of the molecule is CCCCCCN1C=CN(C)C1.F.O.O. The Morgan fingerprint density at radius 1 is 1.07 bits per heavy atom. The third-order valence-electron chi connectivity index (χ3n) is 2.24. The van der Waals surface area contributed by atoms with Crippen LogP contribution in [0, 0.1) is 0 Å². The molecule has 15 heavy (non-hydrogen) atoms. The zero-order chi connectivity index (χ0) is 8.81. The highest BCUT2D eigenvalue weighted by Crippen LogP contribution is 2.06. The van der Waals surface area contributed by atoms with Gasteiger partial charge in [-0.3, -0.25) is 4.70 Å². The third-order valence-corrected chi connectivity index (χ3v) is 2.24. The van der Waals surface area contributed by atoms with Crippen LogP contribution in [0.5, 0.6) is 0 Å². The summed E-state index contributed by atoms with van der Waals surface area (Å²) in [6.45, 7) is 4.55. The molecule has 0 saturated carbocycles. The summed E-state index contributed by atoms with van der Waals surface area (Å²) in [5.74, 6) is 0. The second kappa shape index (κ2) is 11.3. The summed E-state index contributed by atoms with van der Waals surface area (Å²) in [5, 5.41) is 0. The van der Waals surface area contributed by atoms with Crippen LogP contribution in [0.2, 0.25) is 0 Å². The van der Waals surface area contributed by atoms with E-state index in [1.54, 1.807) is 0 Å². The maximum atomic E-state index is 2.37. The lowest BCUT2D eigenvalue weighted by molar-refractivity contribution is 0.291. The van der Waals surface area contributed by atoms with E-state index in [9.17, 15) is 0 Å². The molecule has 0 saturated heterocycles. The summed E-state index contributed by atoms with van der Waals surface area (Å²) in [5.41, 5.74) is 0. The molecule has 1 rings (SSSR count). The van der Waals surface area contributed by atoms with Gasteiger partial charge in [-0.05, 0) is 6.42 Å². The number of nitrogens with zero attached hydrogens (tertiary/aromatic N) is 2. The molecule has 0 aromatic heterocycles. The molecule has 1 aliphatic heterocycles. The number of rotatable bonds is 5. The van der Waals surface area contributed by atoms with Crippen molar-refractivity contribution in [3.63, 3.8) is 0 Å². The number of unbranched alkanes of at least 4 members (excludes halogenated alkanes) is 3. The average molecular weight is 224 g/mol. The van der Waals surface area contributed by atoms with Gasteiger partial charge in [-0.1, -0.05) is 26.2 Å². The van der Waals surface area contributed by atoms with Crippen LogP contribution in [-0.4, -0.2) is 41.0 Å². The summed E-state index contributed by atoms with van der Waals surface area (Å²) in [4.78, 5) is 4.58. The molecule has 5 heteroatoms. The van der Waals surface area contributed by atoms with E-state index >= 15 is 0 Å². The summed E-state index contributed by atoms with van der Waals surface area (Å²) in [6, 6.07) is 0. The maximum absolute atomic E-state index is 2.37. The largest absolute Gasteiger partial charge is 0.412 e. The molecule has 0 radical (unpaired) electrons. The molecular formula is C10H25FN2O2. The van der Waals surface area contributed by atoms with Crippen molar-refractivity contribution < 1.29 is 15.7 Å². The first-order chi connectivity index (χ1) is 5.83. The second-order valence-corrected chi connectivity index (χ2v) is 3.57. The van der Waals surface area contributed by atoms with Crippen molar-refractivity contribution in [3.8, 4) is 0 Å². The lowest BCUT2D eigenvalue weighted by atomic mass is 10.2. The first-order valence-electron chi connectivity index (χ1n) is 4.95. The molecule has 0 aliphatic carbocycles. The molecule has 0 bridgehead atoms. The molecule has 0 aromatic rings. The summed E-state index contributed by atoms with van der Waals surface area (Å²) in [7, 11) is 2.11. The van der Waals surface area contributed by atoms with Gasteiger partial charge >= 0.3 is 0 Å². The zero-order valence-electron chi connectivity index (χ0n) is 9.70. The van der Waals surface area contributed by atoms with Gasteiger partial charge in [0.1, 0.15) is 0 Å². The van der Waals surface area contributed by atoms with Crippen molar-refractivity contribution in [2.24, 2.45) is 0 Å². The van der Waals surface area contributed by atoms with E-state index in [2.05, 4.69) is 36.2 Å². The Morgan fingerprint density at radius 2 is 1.73 bits per heavy atom. The van der Waals surface area contributed by atoms with Gasteiger partial charge in [0.15, 0.2) is 0 Å². The molecule has 1 heterocycles. The highest BCUT2D eigenvalue weighted by atomic mass is 19.0. The highest BCUT2D eigenvalue weighted by Gasteiger charge is 2.06. The van der Waals surface area contributed by atoms with Crippen LogP contribution in [0.3, 0.4) is 0 Å². The molecule has 0 amide bonds. The first kappa shape index (κ1) is 19.7. The van der Waals surface area contributed by atoms with Gasteiger partial charge in [-0.15, -0.1) is 0 Å². The monoisotopic (exact) mass is 224 g/mol. The van der Waals surface area contributed by atoms with Crippen LogP contribution in [0.4, 0.5) is 4.70 Å². The second-order valence-electron chi connectivity index (χ2n) is 3.57. The van der Waals surface area contributed by atoms with E-state index in [4.69, 9.17) is 0 Å². The van der Waals surface area contributed by atoms with Crippen molar-refractivity contribution >= 4 is 0 Å². The van der Waals surface area contributed by atoms with Crippen molar-refractivity contribution in [1.29, 1.82) is 0 Å². The van der Waals surface area contributed by atoms with E-state index in [1.807, 2.05) is 0 Å². The van der Waals surface area contributed by atoms with Crippen LogP contribution in [-0.2, 0) is 0 Å². The van der Waals surface area contributed by atoms with E-state index in [0.29, 0.717) is 0 Å². The fourth-order valence-electron chi connectivity index (χ4n) is 1.48. The fourth-order valence-corrected chi connectivity index (χ4v) is 1.48.